The molecule has 0 amide bonds. The molecule has 0 saturated heterocycles. The van der Waals surface area contributed by atoms with Crippen molar-refractivity contribution in [2.24, 2.45) is 5.73 Å². The molecule has 0 aliphatic carbocycles. The second-order valence-corrected chi connectivity index (χ2v) is 5.11. The summed E-state index contributed by atoms with van der Waals surface area (Å²) >= 11 is 0. The summed E-state index contributed by atoms with van der Waals surface area (Å²) in [4.78, 5) is 2.11. The van der Waals surface area contributed by atoms with Gasteiger partial charge in [-0.05, 0) is 36.2 Å². The van der Waals surface area contributed by atoms with Gasteiger partial charge in [0.1, 0.15) is 0 Å². The molecular formula is C17H22N2. The van der Waals surface area contributed by atoms with Crippen LogP contribution in [0, 0.1) is 0 Å². The number of hydrogen-bond donors (Lipinski definition) is 1. The highest BCUT2D eigenvalue weighted by Crippen LogP contribution is 2.22. The van der Waals surface area contributed by atoms with Crippen LogP contribution in [0.4, 0.5) is 5.69 Å². The minimum Gasteiger partial charge on any atom is -0.378 e. The van der Waals surface area contributed by atoms with E-state index in [4.69, 9.17) is 5.73 Å². The minimum atomic E-state index is 0.388. The molecule has 2 aromatic rings. The molecule has 0 spiro atoms. The average Bonchev–Trinajstić information content (AvgIpc) is 2.46. The summed E-state index contributed by atoms with van der Waals surface area (Å²) in [5.74, 6) is 0.388. The third kappa shape index (κ3) is 3.58. The van der Waals surface area contributed by atoms with E-state index in [1.165, 1.54) is 16.8 Å². The Labute approximate surface area is 115 Å². The van der Waals surface area contributed by atoms with Crippen LogP contribution in [0.15, 0.2) is 54.6 Å². The van der Waals surface area contributed by atoms with Crippen LogP contribution in [0.25, 0.3) is 0 Å². The SMILES string of the molecule is CN(C)c1ccc(C(CN)Cc2ccccc2)cc1. The first kappa shape index (κ1) is 13.6. The molecule has 0 aliphatic rings. The van der Waals surface area contributed by atoms with Crippen LogP contribution >= 0.6 is 0 Å². The van der Waals surface area contributed by atoms with Crippen LogP contribution in [-0.2, 0) is 6.42 Å². The minimum absolute atomic E-state index is 0.388. The Morgan fingerprint density at radius 1 is 0.947 bits per heavy atom. The molecule has 19 heavy (non-hydrogen) atoms. The van der Waals surface area contributed by atoms with Crippen molar-refractivity contribution in [3.8, 4) is 0 Å². The van der Waals surface area contributed by atoms with E-state index < -0.39 is 0 Å². The molecule has 1 unspecified atom stereocenters. The van der Waals surface area contributed by atoms with Gasteiger partial charge in [-0.2, -0.15) is 0 Å². The second-order valence-electron chi connectivity index (χ2n) is 5.11. The van der Waals surface area contributed by atoms with E-state index in [-0.39, 0.29) is 0 Å². The molecule has 0 aliphatic heterocycles. The molecule has 100 valence electrons. The Kier molecular flexibility index (Phi) is 4.58. The highest BCUT2D eigenvalue weighted by Gasteiger charge is 2.10. The Bertz CT molecular complexity index is 488. The summed E-state index contributed by atoms with van der Waals surface area (Å²) in [6.07, 6.45) is 0.999. The molecule has 0 radical (unpaired) electrons. The molecule has 0 saturated carbocycles. The van der Waals surface area contributed by atoms with E-state index in [0.717, 1.165) is 6.42 Å². The smallest absolute Gasteiger partial charge is 0.0361 e. The van der Waals surface area contributed by atoms with Crippen LogP contribution in [0.1, 0.15) is 17.0 Å². The first-order chi connectivity index (χ1) is 9.20. The lowest BCUT2D eigenvalue weighted by molar-refractivity contribution is 0.694. The number of nitrogens with two attached hydrogens (primary N) is 1. The average molecular weight is 254 g/mol. The van der Waals surface area contributed by atoms with Crippen molar-refractivity contribution >= 4 is 5.69 Å². The van der Waals surface area contributed by atoms with Crippen molar-refractivity contribution in [1.29, 1.82) is 0 Å². The zero-order valence-corrected chi connectivity index (χ0v) is 11.7. The summed E-state index contributed by atoms with van der Waals surface area (Å²) in [5, 5.41) is 0. The maximum Gasteiger partial charge on any atom is 0.0361 e. The van der Waals surface area contributed by atoms with Crippen molar-refractivity contribution in [2.75, 3.05) is 25.5 Å². The summed E-state index contributed by atoms with van der Waals surface area (Å²) < 4.78 is 0. The summed E-state index contributed by atoms with van der Waals surface area (Å²) in [5.41, 5.74) is 9.82. The largest absolute Gasteiger partial charge is 0.378 e. The molecule has 0 bridgehead atoms. The van der Waals surface area contributed by atoms with Gasteiger partial charge in [0.2, 0.25) is 0 Å². The lowest BCUT2D eigenvalue weighted by Gasteiger charge is -2.18. The lowest BCUT2D eigenvalue weighted by Crippen LogP contribution is -2.15. The topological polar surface area (TPSA) is 29.3 Å². The third-order valence-corrected chi connectivity index (χ3v) is 3.49. The van der Waals surface area contributed by atoms with Crippen LogP contribution in [0.3, 0.4) is 0 Å². The molecule has 2 aromatic carbocycles. The molecule has 2 heteroatoms. The number of benzene rings is 2. The van der Waals surface area contributed by atoms with Gasteiger partial charge in [0.25, 0.3) is 0 Å². The molecule has 0 fully saturated rings. The van der Waals surface area contributed by atoms with Gasteiger partial charge in [-0.1, -0.05) is 42.5 Å². The zero-order valence-electron chi connectivity index (χ0n) is 11.7. The van der Waals surface area contributed by atoms with Crippen LogP contribution in [0.2, 0.25) is 0 Å². The first-order valence-corrected chi connectivity index (χ1v) is 6.72. The molecule has 0 aromatic heterocycles. The molecule has 1 atom stereocenters. The highest BCUT2D eigenvalue weighted by atomic mass is 15.1. The summed E-state index contributed by atoms with van der Waals surface area (Å²) in [6.45, 7) is 0.677. The lowest BCUT2D eigenvalue weighted by atomic mass is 9.92. The monoisotopic (exact) mass is 254 g/mol. The van der Waals surface area contributed by atoms with Crippen LogP contribution in [-0.4, -0.2) is 20.6 Å². The fourth-order valence-corrected chi connectivity index (χ4v) is 2.28. The van der Waals surface area contributed by atoms with Gasteiger partial charge in [-0.15, -0.1) is 0 Å². The van der Waals surface area contributed by atoms with Gasteiger partial charge >= 0.3 is 0 Å². The second kappa shape index (κ2) is 6.39. The van der Waals surface area contributed by atoms with E-state index in [1.54, 1.807) is 0 Å². The van der Waals surface area contributed by atoms with Crippen molar-refractivity contribution < 1.29 is 0 Å². The van der Waals surface area contributed by atoms with Gasteiger partial charge in [0, 0.05) is 25.7 Å². The van der Waals surface area contributed by atoms with Gasteiger partial charge in [-0.3, -0.25) is 0 Å². The highest BCUT2D eigenvalue weighted by molar-refractivity contribution is 5.46. The van der Waals surface area contributed by atoms with Crippen molar-refractivity contribution in [2.45, 2.75) is 12.3 Å². The van der Waals surface area contributed by atoms with Crippen LogP contribution in [0.5, 0.6) is 0 Å². The number of rotatable bonds is 5. The van der Waals surface area contributed by atoms with Gasteiger partial charge in [0.15, 0.2) is 0 Å². The van der Waals surface area contributed by atoms with Crippen molar-refractivity contribution in [3.05, 3.63) is 65.7 Å². The number of hydrogen-bond acceptors (Lipinski definition) is 2. The summed E-state index contributed by atoms with van der Waals surface area (Å²) in [6, 6.07) is 19.2. The summed E-state index contributed by atoms with van der Waals surface area (Å²) in [7, 11) is 4.11. The number of anilines is 1. The first-order valence-electron chi connectivity index (χ1n) is 6.72. The third-order valence-electron chi connectivity index (χ3n) is 3.49. The number of nitrogens with zero attached hydrogens (tertiary/aromatic N) is 1. The Balaban J connectivity index is 2.13. The van der Waals surface area contributed by atoms with Crippen molar-refractivity contribution in [1.82, 2.24) is 0 Å². The molecular weight excluding hydrogens is 232 g/mol. The Morgan fingerprint density at radius 3 is 2.11 bits per heavy atom. The molecule has 0 heterocycles. The zero-order chi connectivity index (χ0) is 13.7. The van der Waals surface area contributed by atoms with E-state index in [9.17, 15) is 0 Å². The fraction of sp³-hybridized carbons (Fsp3) is 0.294. The van der Waals surface area contributed by atoms with Crippen LogP contribution < -0.4 is 10.6 Å². The maximum absolute atomic E-state index is 5.94. The molecule has 2 N–H and O–H groups in total. The molecule has 2 nitrogen and oxygen atoms in total. The predicted octanol–water partition coefficient (Wildman–Crippen LogP) is 3.04. The van der Waals surface area contributed by atoms with E-state index in [0.29, 0.717) is 12.5 Å². The van der Waals surface area contributed by atoms with E-state index in [1.807, 2.05) is 6.07 Å². The van der Waals surface area contributed by atoms with E-state index in [2.05, 4.69) is 67.5 Å². The predicted molar refractivity (Wildman–Crippen MR) is 82.7 cm³/mol. The van der Waals surface area contributed by atoms with Gasteiger partial charge < -0.3 is 10.6 Å². The van der Waals surface area contributed by atoms with Gasteiger partial charge in [0.05, 0.1) is 0 Å². The standard InChI is InChI=1S/C17H22N2/c1-19(2)17-10-8-15(9-11-17)16(13-18)12-14-6-4-3-5-7-14/h3-11,16H,12-13,18H2,1-2H3. The maximum atomic E-state index is 5.94. The van der Waals surface area contributed by atoms with Crippen molar-refractivity contribution in [3.63, 3.8) is 0 Å². The fourth-order valence-electron chi connectivity index (χ4n) is 2.28. The Hall–Kier alpha value is -1.80. The quantitative estimate of drug-likeness (QED) is 0.888. The molecule has 2 rings (SSSR count). The van der Waals surface area contributed by atoms with E-state index >= 15 is 0 Å². The van der Waals surface area contributed by atoms with Gasteiger partial charge in [-0.25, -0.2) is 0 Å². The normalized spacial score (nSPS) is 12.2. The Morgan fingerprint density at radius 2 is 1.58 bits per heavy atom.